The van der Waals surface area contributed by atoms with Gasteiger partial charge < -0.3 is 10.1 Å². The zero-order chi connectivity index (χ0) is 11.3. The number of nitriles is 1. The Morgan fingerprint density at radius 2 is 2.40 bits per heavy atom. The van der Waals surface area contributed by atoms with Crippen molar-refractivity contribution in [3.05, 3.63) is 16.3 Å². The minimum Gasteiger partial charge on any atom is -0.465 e. The van der Waals surface area contributed by atoms with Gasteiger partial charge in [-0.1, -0.05) is 0 Å². The number of hydrogen-bond acceptors (Lipinski definition) is 5. The SMILES string of the molecule is COC(=O)c1sccc1NC(=O)CC#N. The van der Waals surface area contributed by atoms with Gasteiger partial charge in [0.15, 0.2) is 0 Å². The first kappa shape index (κ1) is 11.2. The molecule has 0 saturated heterocycles. The Balaban J connectivity index is 2.78. The molecule has 0 radical (unpaired) electrons. The number of esters is 1. The normalized spacial score (nSPS) is 9.07. The molecule has 1 aromatic rings. The van der Waals surface area contributed by atoms with Gasteiger partial charge in [-0.15, -0.1) is 11.3 Å². The van der Waals surface area contributed by atoms with Crippen molar-refractivity contribution in [2.24, 2.45) is 0 Å². The van der Waals surface area contributed by atoms with Gasteiger partial charge >= 0.3 is 5.97 Å². The van der Waals surface area contributed by atoms with Crippen LogP contribution in [-0.2, 0) is 9.53 Å². The van der Waals surface area contributed by atoms with Gasteiger partial charge in [0.05, 0.1) is 18.9 Å². The molecule has 1 N–H and O–H groups in total. The summed E-state index contributed by atoms with van der Waals surface area (Å²) in [5.41, 5.74) is 0.382. The summed E-state index contributed by atoms with van der Waals surface area (Å²) >= 11 is 1.17. The van der Waals surface area contributed by atoms with Crippen LogP contribution < -0.4 is 5.32 Å². The van der Waals surface area contributed by atoms with Gasteiger partial charge in [-0.2, -0.15) is 5.26 Å². The molecule has 5 nitrogen and oxygen atoms in total. The van der Waals surface area contributed by atoms with Gasteiger partial charge in [-0.05, 0) is 11.4 Å². The molecule has 0 saturated carbocycles. The van der Waals surface area contributed by atoms with Crippen LogP contribution in [0, 0.1) is 11.3 Å². The standard InChI is InChI=1S/C9H8N2O3S/c1-14-9(13)8-6(3-5-15-8)11-7(12)2-4-10/h3,5H,2H2,1H3,(H,11,12). The van der Waals surface area contributed by atoms with Gasteiger partial charge in [0.25, 0.3) is 0 Å². The molecule has 0 unspecified atom stereocenters. The molecule has 0 aliphatic rings. The quantitative estimate of drug-likeness (QED) is 0.787. The van der Waals surface area contributed by atoms with Crippen LogP contribution in [0.2, 0.25) is 0 Å². The number of carbonyl (C=O) groups is 2. The molecule has 1 amide bonds. The number of rotatable bonds is 3. The molecular weight excluding hydrogens is 216 g/mol. The molecule has 0 aliphatic heterocycles. The molecule has 78 valence electrons. The Morgan fingerprint density at radius 1 is 1.67 bits per heavy atom. The molecule has 1 rings (SSSR count). The van der Waals surface area contributed by atoms with Crippen LogP contribution in [0.3, 0.4) is 0 Å². The second-order valence-corrected chi connectivity index (χ2v) is 3.45. The Morgan fingerprint density at radius 3 is 3.00 bits per heavy atom. The lowest BCUT2D eigenvalue weighted by Gasteiger charge is -2.02. The van der Waals surface area contributed by atoms with E-state index in [-0.39, 0.29) is 6.42 Å². The molecule has 0 spiro atoms. The number of amides is 1. The number of ether oxygens (including phenoxy) is 1. The highest BCUT2D eigenvalue weighted by Gasteiger charge is 2.14. The molecule has 0 aliphatic carbocycles. The monoisotopic (exact) mass is 224 g/mol. The number of thiophene rings is 1. The van der Waals surface area contributed by atoms with Crippen LogP contribution >= 0.6 is 11.3 Å². The second kappa shape index (κ2) is 5.12. The lowest BCUT2D eigenvalue weighted by Crippen LogP contribution is -2.12. The van der Waals surface area contributed by atoms with Crippen molar-refractivity contribution in [3.8, 4) is 6.07 Å². The third-order valence-corrected chi connectivity index (χ3v) is 2.44. The summed E-state index contributed by atoms with van der Waals surface area (Å²) in [4.78, 5) is 22.6. The van der Waals surface area contributed by atoms with Gasteiger partial charge in [-0.3, -0.25) is 4.79 Å². The van der Waals surface area contributed by atoms with E-state index >= 15 is 0 Å². The highest BCUT2D eigenvalue weighted by Crippen LogP contribution is 2.23. The number of hydrogen-bond donors (Lipinski definition) is 1. The first-order valence-electron chi connectivity index (χ1n) is 4.01. The highest BCUT2D eigenvalue weighted by molar-refractivity contribution is 7.12. The molecular formula is C9H8N2O3S. The van der Waals surface area contributed by atoms with Crippen molar-refractivity contribution < 1.29 is 14.3 Å². The molecule has 0 atom stereocenters. The minimum atomic E-state index is -0.503. The fourth-order valence-electron chi connectivity index (χ4n) is 0.925. The number of carbonyl (C=O) groups excluding carboxylic acids is 2. The summed E-state index contributed by atoms with van der Waals surface area (Å²) in [6.45, 7) is 0. The van der Waals surface area contributed by atoms with Crippen LogP contribution in [-0.4, -0.2) is 19.0 Å². The number of methoxy groups -OCH3 is 1. The van der Waals surface area contributed by atoms with Crippen LogP contribution in [0.25, 0.3) is 0 Å². The molecule has 0 bridgehead atoms. The topological polar surface area (TPSA) is 79.2 Å². The molecule has 1 heterocycles. The second-order valence-electron chi connectivity index (χ2n) is 2.54. The van der Waals surface area contributed by atoms with Crippen LogP contribution in [0.4, 0.5) is 5.69 Å². The van der Waals surface area contributed by atoms with Crippen molar-refractivity contribution in [2.75, 3.05) is 12.4 Å². The Hall–Kier alpha value is -1.87. The van der Waals surface area contributed by atoms with Crippen molar-refractivity contribution in [1.29, 1.82) is 5.26 Å². The van der Waals surface area contributed by atoms with E-state index in [4.69, 9.17) is 5.26 Å². The van der Waals surface area contributed by atoms with Gasteiger partial charge in [0.2, 0.25) is 5.91 Å². The molecule has 6 heteroatoms. The van der Waals surface area contributed by atoms with Crippen molar-refractivity contribution in [2.45, 2.75) is 6.42 Å². The molecule has 0 fully saturated rings. The minimum absolute atomic E-state index is 0.240. The van der Waals surface area contributed by atoms with Crippen molar-refractivity contribution in [3.63, 3.8) is 0 Å². The Kier molecular flexibility index (Phi) is 3.83. The van der Waals surface area contributed by atoms with E-state index in [9.17, 15) is 9.59 Å². The summed E-state index contributed by atoms with van der Waals surface area (Å²) in [6, 6.07) is 3.31. The van der Waals surface area contributed by atoms with E-state index in [1.807, 2.05) is 0 Å². The highest BCUT2D eigenvalue weighted by atomic mass is 32.1. The maximum atomic E-state index is 11.2. The summed E-state index contributed by atoms with van der Waals surface area (Å²) in [7, 11) is 1.27. The van der Waals surface area contributed by atoms with Crippen molar-refractivity contribution >= 4 is 28.9 Å². The lowest BCUT2D eigenvalue weighted by atomic mass is 10.3. The molecule has 0 aromatic carbocycles. The largest absolute Gasteiger partial charge is 0.465 e. The van der Waals surface area contributed by atoms with E-state index in [2.05, 4.69) is 10.1 Å². The Bertz CT molecular complexity index is 419. The van der Waals surface area contributed by atoms with Gasteiger partial charge in [-0.25, -0.2) is 4.79 Å². The number of nitrogens with zero attached hydrogens (tertiary/aromatic N) is 1. The fraction of sp³-hybridized carbons (Fsp3) is 0.222. The predicted octanol–water partition coefficient (Wildman–Crippen LogP) is 1.39. The average molecular weight is 224 g/mol. The van der Waals surface area contributed by atoms with E-state index in [0.717, 1.165) is 0 Å². The Labute approximate surface area is 90.3 Å². The third kappa shape index (κ3) is 2.79. The predicted molar refractivity (Wildman–Crippen MR) is 54.5 cm³/mol. The summed E-state index contributed by atoms with van der Waals surface area (Å²) in [5, 5.41) is 12.4. The maximum Gasteiger partial charge on any atom is 0.350 e. The first-order valence-corrected chi connectivity index (χ1v) is 4.89. The maximum absolute atomic E-state index is 11.2. The third-order valence-electron chi connectivity index (χ3n) is 1.55. The number of nitrogens with one attached hydrogen (secondary N) is 1. The zero-order valence-corrected chi connectivity index (χ0v) is 8.76. The number of anilines is 1. The van der Waals surface area contributed by atoms with Crippen LogP contribution in [0.1, 0.15) is 16.1 Å². The van der Waals surface area contributed by atoms with Crippen LogP contribution in [0.5, 0.6) is 0 Å². The molecule has 1 aromatic heterocycles. The fourth-order valence-corrected chi connectivity index (χ4v) is 1.69. The van der Waals surface area contributed by atoms with Crippen molar-refractivity contribution in [1.82, 2.24) is 0 Å². The average Bonchev–Trinajstić information content (AvgIpc) is 2.65. The molecule has 15 heavy (non-hydrogen) atoms. The van der Waals surface area contributed by atoms with E-state index in [1.165, 1.54) is 18.4 Å². The van der Waals surface area contributed by atoms with Gasteiger partial charge in [0, 0.05) is 0 Å². The summed E-state index contributed by atoms with van der Waals surface area (Å²) in [5.74, 6) is -0.946. The van der Waals surface area contributed by atoms with E-state index in [0.29, 0.717) is 10.6 Å². The van der Waals surface area contributed by atoms with E-state index in [1.54, 1.807) is 17.5 Å². The lowest BCUT2D eigenvalue weighted by molar-refractivity contribution is -0.115. The van der Waals surface area contributed by atoms with Crippen LogP contribution in [0.15, 0.2) is 11.4 Å². The van der Waals surface area contributed by atoms with E-state index < -0.39 is 11.9 Å². The van der Waals surface area contributed by atoms with Gasteiger partial charge in [0.1, 0.15) is 11.3 Å². The smallest absolute Gasteiger partial charge is 0.350 e. The first-order chi connectivity index (χ1) is 7.19. The summed E-state index contributed by atoms with van der Waals surface area (Å²) < 4.78 is 4.53. The summed E-state index contributed by atoms with van der Waals surface area (Å²) in [6.07, 6.45) is -0.240. The zero-order valence-electron chi connectivity index (χ0n) is 7.94.